The van der Waals surface area contributed by atoms with E-state index in [2.05, 4.69) is 25.3 Å². The number of hydrogen-bond acceptors (Lipinski definition) is 0. The highest BCUT2D eigenvalue weighted by atomic mass is 14.0. The van der Waals surface area contributed by atoms with E-state index >= 15 is 0 Å². The normalized spacial score (nSPS) is 9.42. The van der Waals surface area contributed by atoms with Gasteiger partial charge in [-0.1, -0.05) is 49.1 Å². The van der Waals surface area contributed by atoms with Gasteiger partial charge in [0.05, 0.1) is 0 Å². The Labute approximate surface area is 74.2 Å². The van der Waals surface area contributed by atoms with E-state index in [0.717, 1.165) is 6.42 Å². The average molecular weight is 158 g/mol. The van der Waals surface area contributed by atoms with Crippen LogP contribution in [0.5, 0.6) is 0 Å². The highest BCUT2D eigenvalue weighted by Crippen LogP contribution is 2.13. The highest BCUT2D eigenvalue weighted by molar-refractivity contribution is 5.52. The van der Waals surface area contributed by atoms with E-state index in [4.69, 9.17) is 0 Å². The van der Waals surface area contributed by atoms with Crippen LogP contribution >= 0.6 is 0 Å². The molecule has 0 aliphatic heterocycles. The first-order valence-corrected chi connectivity index (χ1v) is 4.08. The molecule has 0 aliphatic rings. The summed E-state index contributed by atoms with van der Waals surface area (Å²) in [6.45, 7) is 9.70. The molecule has 12 heavy (non-hydrogen) atoms. The van der Waals surface area contributed by atoms with Gasteiger partial charge in [-0.2, -0.15) is 0 Å². The number of hydrogen-bond donors (Lipinski definition) is 0. The first kappa shape index (κ1) is 8.79. The Morgan fingerprint density at radius 2 is 2.08 bits per heavy atom. The van der Waals surface area contributed by atoms with Crippen molar-refractivity contribution in [3.63, 3.8) is 0 Å². The van der Waals surface area contributed by atoms with Crippen LogP contribution in [0, 0.1) is 0 Å². The highest BCUT2D eigenvalue weighted by Gasteiger charge is 1.96. The van der Waals surface area contributed by atoms with Gasteiger partial charge in [-0.15, -0.1) is 0 Å². The Hall–Kier alpha value is -1.30. The van der Waals surface area contributed by atoms with Crippen LogP contribution in [-0.4, -0.2) is 0 Å². The van der Waals surface area contributed by atoms with E-state index in [1.165, 1.54) is 16.7 Å². The molecule has 1 aromatic rings. The minimum absolute atomic E-state index is 0.947. The van der Waals surface area contributed by atoms with Crippen molar-refractivity contribution < 1.29 is 0 Å². The molecule has 0 saturated carbocycles. The fourth-order valence-corrected chi connectivity index (χ4v) is 1.22. The maximum atomic E-state index is 3.89. The molecule has 0 unspecified atom stereocenters. The van der Waals surface area contributed by atoms with Crippen LogP contribution in [0.2, 0.25) is 0 Å². The van der Waals surface area contributed by atoms with Gasteiger partial charge >= 0.3 is 0 Å². The van der Waals surface area contributed by atoms with Crippen molar-refractivity contribution in [3.8, 4) is 0 Å². The second-order valence-electron chi connectivity index (χ2n) is 3.04. The molecule has 0 radical (unpaired) electrons. The molecule has 0 nitrogen and oxygen atoms in total. The molecule has 0 atom stereocenters. The molecule has 0 amide bonds. The maximum absolute atomic E-state index is 3.89. The third-order valence-electron chi connectivity index (χ3n) is 1.77. The van der Waals surface area contributed by atoms with Gasteiger partial charge in [0.15, 0.2) is 0 Å². The summed E-state index contributed by atoms with van der Waals surface area (Å²) in [7, 11) is 0. The lowest BCUT2D eigenvalue weighted by Gasteiger charge is -2.04. The zero-order valence-electron chi connectivity index (χ0n) is 7.51. The predicted octanol–water partition coefficient (Wildman–Crippen LogP) is 3.45. The van der Waals surface area contributed by atoms with Crippen molar-refractivity contribution in [1.29, 1.82) is 0 Å². The van der Waals surface area contributed by atoms with E-state index in [1.54, 1.807) is 0 Å². The van der Waals surface area contributed by atoms with Crippen molar-refractivity contribution >= 4 is 6.08 Å². The van der Waals surface area contributed by atoms with Crippen LogP contribution in [-0.2, 0) is 6.42 Å². The molecule has 1 rings (SSSR count). The second-order valence-corrected chi connectivity index (χ2v) is 3.04. The Bertz CT molecular complexity index is 295. The van der Waals surface area contributed by atoms with Crippen LogP contribution in [0.25, 0.3) is 6.08 Å². The zero-order valence-corrected chi connectivity index (χ0v) is 7.51. The number of benzene rings is 1. The molecule has 0 aliphatic carbocycles. The van der Waals surface area contributed by atoms with Crippen molar-refractivity contribution in [1.82, 2.24) is 0 Å². The lowest BCUT2D eigenvalue weighted by atomic mass is 10.0. The van der Waals surface area contributed by atoms with Gasteiger partial charge in [-0.3, -0.25) is 0 Å². The molecule has 0 N–H and O–H groups in total. The molecule has 0 bridgehead atoms. The Balaban J connectivity index is 2.96. The van der Waals surface area contributed by atoms with Gasteiger partial charge in [0.1, 0.15) is 0 Å². The van der Waals surface area contributed by atoms with E-state index in [0.29, 0.717) is 0 Å². The molecule has 0 heteroatoms. The fraction of sp³-hybridized carbons (Fsp3) is 0.167. The fourth-order valence-electron chi connectivity index (χ4n) is 1.22. The summed E-state index contributed by atoms with van der Waals surface area (Å²) >= 11 is 0. The summed E-state index contributed by atoms with van der Waals surface area (Å²) in [5, 5.41) is 0. The molecule has 1 aromatic carbocycles. The van der Waals surface area contributed by atoms with Gasteiger partial charge in [-0.05, 0) is 24.5 Å². The standard InChI is InChI=1S/C12H14/c1-4-11-7-5-6-8-12(11)9-10(2)3/h4-8H,1-2,9H2,3H3. The van der Waals surface area contributed by atoms with E-state index < -0.39 is 0 Å². The average Bonchev–Trinajstić information content (AvgIpc) is 2.04. The maximum Gasteiger partial charge on any atom is -0.00666 e. The van der Waals surface area contributed by atoms with Gasteiger partial charge < -0.3 is 0 Å². The van der Waals surface area contributed by atoms with Crippen LogP contribution in [0.4, 0.5) is 0 Å². The third kappa shape index (κ3) is 2.09. The molecular weight excluding hydrogens is 144 g/mol. The summed E-state index contributed by atoms with van der Waals surface area (Å²) in [5.41, 5.74) is 3.70. The van der Waals surface area contributed by atoms with Crippen molar-refractivity contribution in [2.45, 2.75) is 13.3 Å². The second kappa shape index (κ2) is 3.91. The summed E-state index contributed by atoms with van der Waals surface area (Å²) in [5.74, 6) is 0. The van der Waals surface area contributed by atoms with Crippen LogP contribution < -0.4 is 0 Å². The first-order chi connectivity index (χ1) is 5.74. The Morgan fingerprint density at radius 1 is 1.42 bits per heavy atom. The summed E-state index contributed by atoms with van der Waals surface area (Å²) < 4.78 is 0. The SMILES string of the molecule is C=Cc1ccccc1CC(=C)C. The minimum atomic E-state index is 0.947. The summed E-state index contributed by atoms with van der Waals surface area (Å²) in [4.78, 5) is 0. The lowest BCUT2D eigenvalue weighted by Crippen LogP contribution is -1.88. The smallest absolute Gasteiger partial charge is 0.00666 e. The van der Waals surface area contributed by atoms with Crippen LogP contribution in [0.1, 0.15) is 18.1 Å². The summed E-state index contributed by atoms with van der Waals surface area (Å²) in [6.07, 6.45) is 2.83. The molecule has 0 saturated heterocycles. The zero-order chi connectivity index (χ0) is 8.97. The molecular formula is C12H14. The third-order valence-corrected chi connectivity index (χ3v) is 1.77. The van der Waals surface area contributed by atoms with Gasteiger partial charge in [-0.25, -0.2) is 0 Å². The molecule has 62 valence electrons. The molecule has 0 aromatic heterocycles. The Kier molecular flexibility index (Phi) is 2.87. The predicted molar refractivity (Wildman–Crippen MR) is 55.1 cm³/mol. The van der Waals surface area contributed by atoms with Gasteiger partial charge in [0, 0.05) is 0 Å². The quantitative estimate of drug-likeness (QED) is 0.591. The largest absolute Gasteiger partial charge is 0.0998 e. The van der Waals surface area contributed by atoms with Gasteiger partial charge in [0.2, 0.25) is 0 Å². The van der Waals surface area contributed by atoms with Crippen LogP contribution in [0.3, 0.4) is 0 Å². The van der Waals surface area contributed by atoms with Crippen molar-refractivity contribution in [2.75, 3.05) is 0 Å². The number of rotatable bonds is 3. The molecule has 0 fully saturated rings. The Morgan fingerprint density at radius 3 is 2.67 bits per heavy atom. The summed E-state index contributed by atoms with van der Waals surface area (Å²) in [6, 6.07) is 8.27. The monoisotopic (exact) mass is 158 g/mol. The first-order valence-electron chi connectivity index (χ1n) is 4.08. The van der Waals surface area contributed by atoms with Gasteiger partial charge in [0.25, 0.3) is 0 Å². The number of allylic oxidation sites excluding steroid dienone is 1. The van der Waals surface area contributed by atoms with E-state index in [9.17, 15) is 0 Å². The van der Waals surface area contributed by atoms with E-state index in [-0.39, 0.29) is 0 Å². The van der Waals surface area contributed by atoms with Crippen molar-refractivity contribution in [2.24, 2.45) is 0 Å². The minimum Gasteiger partial charge on any atom is -0.0998 e. The van der Waals surface area contributed by atoms with E-state index in [1.807, 2.05) is 25.1 Å². The van der Waals surface area contributed by atoms with Crippen molar-refractivity contribution in [3.05, 3.63) is 54.1 Å². The van der Waals surface area contributed by atoms with Crippen LogP contribution in [0.15, 0.2) is 43.0 Å². The topological polar surface area (TPSA) is 0 Å². The molecule has 0 spiro atoms. The molecule has 0 heterocycles. The lowest BCUT2D eigenvalue weighted by molar-refractivity contribution is 1.15.